The van der Waals surface area contributed by atoms with Crippen LogP contribution in [0.4, 0.5) is 10.1 Å². The van der Waals surface area contributed by atoms with Gasteiger partial charge in [0.05, 0.1) is 0 Å². The van der Waals surface area contributed by atoms with Gasteiger partial charge in [0.1, 0.15) is 11.9 Å². The summed E-state index contributed by atoms with van der Waals surface area (Å²) in [5, 5.41) is 5.29. The molecule has 0 aromatic heterocycles. The van der Waals surface area contributed by atoms with Crippen molar-refractivity contribution in [2.45, 2.75) is 31.8 Å². The lowest BCUT2D eigenvalue weighted by molar-refractivity contribution is -0.122. The van der Waals surface area contributed by atoms with Gasteiger partial charge in [-0.2, -0.15) is 0 Å². The Balaban J connectivity index is 1.97. The molecule has 5 nitrogen and oxygen atoms in total. The van der Waals surface area contributed by atoms with Crippen molar-refractivity contribution in [3.63, 3.8) is 0 Å². The van der Waals surface area contributed by atoms with E-state index in [1.807, 2.05) is 0 Å². The first-order valence-electron chi connectivity index (χ1n) is 6.13. The highest BCUT2D eigenvalue weighted by Gasteiger charge is 2.26. The molecule has 1 aliphatic rings. The Kier molecular flexibility index (Phi) is 3.69. The fraction of sp³-hybridized carbons (Fsp3) is 0.385. The number of carbonyl (C=O) groups is 2. The molecule has 0 radical (unpaired) electrons. The molecule has 0 spiro atoms. The third-order valence-corrected chi connectivity index (χ3v) is 2.85. The molecule has 1 atom stereocenters. The number of hydrogen-bond donors (Lipinski definition) is 3. The van der Waals surface area contributed by atoms with Crippen LogP contribution in [0.1, 0.15) is 30.1 Å². The molecular formula is C13H16FN3O2. The zero-order valence-corrected chi connectivity index (χ0v) is 10.6. The van der Waals surface area contributed by atoms with Crippen molar-refractivity contribution >= 4 is 17.5 Å². The summed E-state index contributed by atoms with van der Waals surface area (Å²) in [6.45, 7) is 1.58. The molecular weight excluding hydrogens is 249 g/mol. The Hall–Kier alpha value is -2.11. The molecule has 1 unspecified atom stereocenters. The van der Waals surface area contributed by atoms with Gasteiger partial charge in [0.15, 0.2) is 0 Å². The minimum absolute atomic E-state index is 0.101. The Morgan fingerprint density at radius 3 is 2.63 bits per heavy atom. The minimum atomic E-state index is -0.669. The van der Waals surface area contributed by atoms with E-state index in [2.05, 4.69) is 10.6 Å². The van der Waals surface area contributed by atoms with Crippen LogP contribution in [0, 0.1) is 5.82 Å². The van der Waals surface area contributed by atoms with Gasteiger partial charge in [0, 0.05) is 17.3 Å². The molecule has 1 saturated carbocycles. The van der Waals surface area contributed by atoms with Crippen molar-refractivity contribution in [1.29, 1.82) is 0 Å². The highest BCUT2D eigenvalue weighted by molar-refractivity contribution is 5.98. The summed E-state index contributed by atoms with van der Waals surface area (Å²) in [5.74, 6) is -1.34. The van der Waals surface area contributed by atoms with Crippen LogP contribution in [0.2, 0.25) is 0 Å². The first-order chi connectivity index (χ1) is 8.95. The molecule has 2 rings (SSSR count). The van der Waals surface area contributed by atoms with Gasteiger partial charge in [-0.3, -0.25) is 9.59 Å². The largest absolute Gasteiger partial charge is 0.399 e. The first-order valence-corrected chi connectivity index (χ1v) is 6.13. The van der Waals surface area contributed by atoms with Gasteiger partial charge in [-0.25, -0.2) is 4.39 Å². The summed E-state index contributed by atoms with van der Waals surface area (Å²) >= 11 is 0. The van der Waals surface area contributed by atoms with Crippen LogP contribution in [0.25, 0.3) is 0 Å². The summed E-state index contributed by atoms with van der Waals surface area (Å²) in [6.07, 6.45) is 1.96. The third kappa shape index (κ3) is 3.67. The summed E-state index contributed by atoms with van der Waals surface area (Å²) < 4.78 is 13.1. The normalized spacial score (nSPS) is 15.7. The molecule has 0 aliphatic heterocycles. The van der Waals surface area contributed by atoms with Gasteiger partial charge in [0.2, 0.25) is 5.91 Å². The fourth-order valence-electron chi connectivity index (χ4n) is 1.64. The van der Waals surface area contributed by atoms with Crippen LogP contribution in [0.15, 0.2) is 18.2 Å². The monoisotopic (exact) mass is 265 g/mol. The smallest absolute Gasteiger partial charge is 0.252 e. The quantitative estimate of drug-likeness (QED) is 0.704. The molecule has 1 aromatic rings. The van der Waals surface area contributed by atoms with Gasteiger partial charge in [0.25, 0.3) is 5.91 Å². The number of rotatable bonds is 4. The Morgan fingerprint density at radius 2 is 2.05 bits per heavy atom. The lowest BCUT2D eigenvalue weighted by atomic mass is 10.1. The molecule has 2 amide bonds. The second-order valence-corrected chi connectivity index (χ2v) is 4.75. The summed E-state index contributed by atoms with van der Waals surface area (Å²) in [6, 6.07) is 3.13. The van der Waals surface area contributed by atoms with Crippen molar-refractivity contribution in [2.75, 3.05) is 5.73 Å². The molecule has 1 aliphatic carbocycles. The number of carbonyl (C=O) groups excluding carboxylic acids is 2. The number of nitrogens with two attached hydrogens (primary N) is 1. The van der Waals surface area contributed by atoms with Crippen molar-refractivity contribution < 1.29 is 14.0 Å². The van der Waals surface area contributed by atoms with Gasteiger partial charge >= 0.3 is 0 Å². The standard InChI is InChI=1S/C13H16FN3O2/c1-7(12(18)17-11-2-3-11)16-13(19)8-4-9(14)6-10(15)5-8/h4-7,11H,2-3,15H2,1H3,(H,16,19)(H,17,18). The van der Waals surface area contributed by atoms with Gasteiger partial charge in [-0.1, -0.05) is 0 Å². The number of anilines is 1. The zero-order chi connectivity index (χ0) is 14.0. The van der Waals surface area contributed by atoms with E-state index in [4.69, 9.17) is 5.73 Å². The highest BCUT2D eigenvalue weighted by Crippen LogP contribution is 2.18. The van der Waals surface area contributed by atoms with Crippen LogP contribution in [0.3, 0.4) is 0 Å². The van der Waals surface area contributed by atoms with E-state index in [1.54, 1.807) is 6.92 Å². The van der Waals surface area contributed by atoms with Gasteiger partial charge in [-0.05, 0) is 38.0 Å². The van der Waals surface area contributed by atoms with E-state index in [1.165, 1.54) is 6.07 Å². The van der Waals surface area contributed by atoms with Crippen LogP contribution in [0.5, 0.6) is 0 Å². The molecule has 102 valence electrons. The summed E-state index contributed by atoms with van der Waals surface area (Å²) in [5.41, 5.74) is 5.73. The van der Waals surface area contributed by atoms with Crippen LogP contribution < -0.4 is 16.4 Å². The molecule has 4 N–H and O–H groups in total. The van der Waals surface area contributed by atoms with Crippen molar-refractivity contribution in [3.8, 4) is 0 Å². The first kappa shape index (κ1) is 13.3. The average Bonchev–Trinajstić information content (AvgIpc) is 3.11. The zero-order valence-electron chi connectivity index (χ0n) is 10.6. The Morgan fingerprint density at radius 1 is 1.37 bits per heavy atom. The lowest BCUT2D eigenvalue weighted by Crippen LogP contribution is -2.45. The van der Waals surface area contributed by atoms with E-state index >= 15 is 0 Å². The number of nitrogens with one attached hydrogen (secondary N) is 2. The molecule has 0 saturated heterocycles. The maximum atomic E-state index is 13.1. The van der Waals surface area contributed by atoms with E-state index in [0.717, 1.165) is 25.0 Å². The van der Waals surface area contributed by atoms with Crippen molar-refractivity contribution in [3.05, 3.63) is 29.6 Å². The predicted molar refractivity (Wildman–Crippen MR) is 68.9 cm³/mol. The van der Waals surface area contributed by atoms with Crippen LogP contribution in [-0.2, 0) is 4.79 Å². The predicted octanol–water partition coefficient (Wildman–Crippen LogP) is 0.805. The second-order valence-electron chi connectivity index (χ2n) is 4.75. The van der Waals surface area contributed by atoms with Crippen LogP contribution in [-0.4, -0.2) is 23.9 Å². The highest BCUT2D eigenvalue weighted by atomic mass is 19.1. The van der Waals surface area contributed by atoms with Crippen molar-refractivity contribution in [2.24, 2.45) is 0 Å². The molecule has 1 fully saturated rings. The van der Waals surface area contributed by atoms with Gasteiger partial charge < -0.3 is 16.4 Å². The maximum Gasteiger partial charge on any atom is 0.252 e. The molecule has 6 heteroatoms. The molecule has 0 heterocycles. The Bertz CT molecular complexity index is 494. The minimum Gasteiger partial charge on any atom is -0.399 e. The van der Waals surface area contributed by atoms with E-state index in [9.17, 15) is 14.0 Å². The third-order valence-electron chi connectivity index (χ3n) is 2.85. The van der Waals surface area contributed by atoms with Crippen molar-refractivity contribution in [1.82, 2.24) is 10.6 Å². The summed E-state index contributed by atoms with van der Waals surface area (Å²) in [7, 11) is 0. The van der Waals surface area contributed by atoms with Gasteiger partial charge in [-0.15, -0.1) is 0 Å². The topological polar surface area (TPSA) is 84.2 Å². The SMILES string of the molecule is CC(NC(=O)c1cc(N)cc(F)c1)C(=O)NC1CC1. The van der Waals surface area contributed by atoms with Crippen LogP contribution >= 0.6 is 0 Å². The fourth-order valence-corrected chi connectivity index (χ4v) is 1.64. The average molecular weight is 265 g/mol. The summed E-state index contributed by atoms with van der Waals surface area (Å²) in [4.78, 5) is 23.5. The number of benzene rings is 1. The maximum absolute atomic E-state index is 13.1. The lowest BCUT2D eigenvalue weighted by Gasteiger charge is -2.14. The van der Waals surface area contributed by atoms with E-state index in [0.29, 0.717) is 0 Å². The number of hydrogen-bond acceptors (Lipinski definition) is 3. The Labute approximate surface area is 110 Å². The number of nitrogen functional groups attached to an aromatic ring is 1. The second kappa shape index (κ2) is 5.26. The van der Waals surface area contributed by atoms with E-state index < -0.39 is 17.8 Å². The number of halogens is 1. The molecule has 19 heavy (non-hydrogen) atoms. The van der Waals surface area contributed by atoms with E-state index in [-0.39, 0.29) is 23.2 Å². The molecule has 0 bridgehead atoms. The number of amides is 2. The molecule has 1 aromatic carbocycles.